The zero-order valence-electron chi connectivity index (χ0n) is 22.0. The number of piperazine rings is 1. The van der Waals surface area contributed by atoms with E-state index in [1.807, 2.05) is 38.0 Å². The number of pyridine rings is 3. The molecule has 0 atom stereocenters. The standard InChI is InChI=1S/C29H29N9S/c1-3-39-28-7-4-21(14-32-28)18-36-8-10-37(11-9-36)27-6-5-22(15-31-27)26-12-23(25-17-33-35(2)19-25)20-38-29(26)24(13-30)16-34-38/h4-7,12,14-17,19-20H,3,8-11,18H2,1-2H3. The van der Waals surface area contributed by atoms with Gasteiger partial charge in [0, 0.05) is 86.8 Å². The van der Waals surface area contributed by atoms with Crippen LogP contribution in [0.15, 0.2) is 72.5 Å². The van der Waals surface area contributed by atoms with Crippen molar-refractivity contribution in [3.63, 3.8) is 0 Å². The molecule has 5 aromatic rings. The number of fused-ring (bicyclic) bond motifs is 1. The van der Waals surface area contributed by atoms with E-state index in [1.54, 1.807) is 27.2 Å². The van der Waals surface area contributed by atoms with Gasteiger partial charge in [0.05, 0.1) is 28.5 Å². The monoisotopic (exact) mass is 535 g/mol. The van der Waals surface area contributed by atoms with E-state index in [4.69, 9.17) is 4.98 Å². The number of aromatic nitrogens is 6. The van der Waals surface area contributed by atoms with Crippen molar-refractivity contribution in [2.45, 2.75) is 18.5 Å². The van der Waals surface area contributed by atoms with Gasteiger partial charge >= 0.3 is 0 Å². The van der Waals surface area contributed by atoms with Crippen LogP contribution in [0.3, 0.4) is 0 Å². The van der Waals surface area contributed by atoms with E-state index in [0.717, 1.165) is 77.1 Å². The molecule has 0 N–H and O–H groups in total. The molecule has 6 heterocycles. The highest BCUT2D eigenvalue weighted by Gasteiger charge is 2.19. The first kappa shape index (κ1) is 25.1. The van der Waals surface area contributed by atoms with Crippen LogP contribution in [0, 0.1) is 11.3 Å². The third-order valence-electron chi connectivity index (χ3n) is 7.02. The highest BCUT2D eigenvalue weighted by molar-refractivity contribution is 7.99. The molecule has 39 heavy (non-hydrogen) atoms. The first-order valence-electron chi connectivity index (χ1n) is 13.0. The molecule has 1 aliphatic heterocycles. The quantitative estimate of drug-likeness (QED) is 0.282. The summed E-state index contributed by atoms with van der Waals surface area (Å²) in [5.74, 6) is 2.00. The Morgan fingerprint density at radius 1 is 0.897 bits per heavy atom. The molecular weight excluding hydrogens is 506 g/mol. The SMILES string of the molecule is CCSc1ccc(CN2CCN(c3ccc(-c4cc(-c5cnn(C)c5)cn5ncc(C#N)c45)cn3)CC2)cn1. The Hall–Kier alpha value is -4.20. The molecule has 1 saturated heterocycles. The predicted molar refractivity (Wildman–Crippen MR) is 153 cm³/mol. The van der Waals surface area contributed by atoms with E-state index in [0.29, 0.717) is 5.56 Å². The molecule has 0 spiro atoms. The van der Waals surface area contributed by atoms with Crippen molar-refractivity contribution in [3.8, 4) is 28.3 Å². The average molecular weight is 536 g/mol. The number of rotatable bonds is 7. The number of hydrogen-bond donors (Lipinski definition) is 0. The zero-order chi connectivity index (χ0) is 26.8. The molecule has 0 amide bonds. The summed E-state index contributed by atoms with van der Waals surface area (Å²) in [4.78, 5) is 14.2. The Bertz CT molecular complexity index is 1620. The lowest BCUT2D eigenvalue weighted by Crippen LogP contribution is -2.46. The summed E-state index contributed by atoms with van der Waals surface area (Å²) >= 11 is 1.77. The highest BCUT2D eigenvalue weighted by Crippen LogP contribution is 2.32. The van der Waals surface area contributed by atoms with Gasteiger partial charge in [0.25, 0.3) is 0 Å². The Morgan fingerprint density at radius 2 is 1.77 bits per heavy atom. The van der Waals surface area contributed by atoms with Crippen LogP contribution in [0.2, 0.25) is 0 Å². The maximum Gasteiger partial charge on any atom is 0.128 e. The van der Waals surface area contributed by atoms with Crippen molar-refractivity contribution in [1.82, 2.24) is 34.3 Å². The molecule has 10 heteroatoms. The van der Waals surface area contributed by atoms with Gasteiger partial charge in [0.1, 0.15) is 11.9 Å². The summed E-state index contributed by atoms with van der Waals surface area (Å²) in [5.41, 5.74) is 6.41. The minimum absolute atomic E-state index is 0.539. The van der Waals surface area contributed by atoms with Gasteiger partial charge in [-0.1, -0.05) is 13.0 Å². The molecule has 1 fully saturated rings. The van der Waals surface area contributed by atoms with Crippen molar-refractivity contribution in [2.24, 2.45) is 7.05 Å². The number of nitrogens with zero attached hydrogens (tertiary/aromatic N) is 9. The average Bonchev–Trinajstić information content (AvgIpc) is 3.60. The molecule has 6 rings (SSSR count). The Balaban J connectivity index is 1.18. The molecule has 0 unspecified atom stereocenters. The van der Waals surface area contributed by atoms with Gasteiger partial charge in [-0.3, -0.25) is 9.58 Å². The van der Waals surface area contributed by atoms with Crippen molar-refractivity contribution in [1.29, 1.82) is 5.26 Å². The second kappa shape index (κ2) is 10.9. The third kappa shape index (κ3) is 5.24. The van der Waals surface area contributed by atoms with Crippen molar-refractivity contribution < 1.29 is 0 Å². The molecule has 196 valence electrons. The smallest absolute Gasteiger partial charge is 0.128 e. The molecule has 0 saturated carbocycles. The fourth-order valence-corrected chi connectivity index (χ4v) is 5.60. The van der Waals surface area contributed by atoms with E-state index >= 15 is 0 Å². The summed E-state index contributed by atoms with van der Waals surface area (Å²) in [6, 6.07) is 12.8. The summed E-state index contributed by atoms with van der Waals surface area (Å²) in [7, 11) is 1.90. The number of anilines is 1. The number of hydrogen-bond acceptors (Lipinski definition) is 8. The van der Waals surface area contributed by atoms with Crippen molar-refractivity contribution in [2.75, 3.05) is 36.8 Å². The second-order valence-corrected chi connectivity index (χ2v) is 10.9. The van der Waals surface area contributed by atoms with Gasteiger partial charge in [0.15, 0.2) is 0 Å². The van der Waals surface area contributed by atoms with Crippen LogP contribution >= 0.6 is 11.8 Å². The molecule has 9 nitrogen and oxygen atoms in total. The molecular formula is C29H29N9S. The third-order valence-corrected chi connectivity index (χ3v) is 7.85. The molecule has 0 radical (unpaired) electrons. The summed E-state index contributed by atoms with van der Waals surface area (Å²) in [6.07, 6.45) is 11.3. The Kier molecular flexibility index (Phi) is 7.00. The first-order chi connectivity index (χ1) is 19.1. The number of nitriles is 1. The molecule has 0 aliphatic carbocycles. The van der Waals surface area contributed by atoms with Gasteiger partial charge < -0.3 is 4.90 Å². The first-order valence-corrected chi connectivity index (χ1v) is 14.0. The van der Waals surface area contributed by atoms with Crippen LogP contribution < -0.4 is 4.90 Å². The van der Waals surface area contributed by atoms with Gasteiger partial charge in [-0.15, -0.1) is 11.8 Å². The summed E-state index contributed by atoms with van der Waals surface area (Å²) in [6.45, 7) is 6.86. The van der Waals surface area contributed by atoms with Crippen LogP contribution in [0.4, 0.5) is 5.82 Å². The van der Waals surface area contributed by atoms with E-state index in [-0.39, 0.29) is 0 Å². The zero-order valence-corrected chi connectivity index (χ0v) is 22.8. The fraction of sp³-hybridized carbons (Fsp3) is 0.276. The van der Waals surface area contributed by atoms with Gasteiger partial charge in [-0.2, -0.15) is 15.5 Å². The molecule has 1 aliphatic rings. The predicted octanol–water partition coefficient (Wildman–Crippen LogP) is 4.50. The number of aryl methyl sites for hydroxylation is 1. The maximum absolute atomic E-state index is 9.70. The number of thioether (sulfide) groups is 1. The second-order valence-electron chi connectivity index (χ2n) is 9.61. The minimum atomic E-state index is 0.539. The maximum atomic E-state index is 9.70. The van der Waals surface area contributed by atoms with Gasteiger partial charge in [0.2, 0.25) is 0 Å². The molecule has 0 bridgehead atoms. The molecule has 5 aromatic heterocycles. The lowest BCUT2D eigenvalue weighted by molar-refractivity contribution is 0.249. The lowest BCUT2D eigenvalue weighted by atomic mass is 10.0. The van der Waals surface area contributed by atoms with E-state index in [9.17, 15) is 5.26 Å². The summed E-state index contributed by atoms with van der Waals surface area (Å²) in [5, 5.41) is 19.5. The van der Waals surface area contributed by atoms with Crippen LogP contribution in [-0.2, 0) is 13.6 Å². The topological polar surface area (TPSA) is 91.2 Å². The van der Waals surface area contributed by atoms with E-state index in [1.165, 1.54) is 5.56 Å². The Morgan fingerprint density at radius 3 is 2.44 bits per heavy atom. The van der Waals surface area contributed by atoms with Crippen LogP contribution in [0.1, 0.15) is 18.1 Å². The van der Waals surface area contributed by atoms with Crippen molar-refractivity contribution >= 4 is 23.1 Å². The summed E-state index contributed by atoms with van der Waals surface area (Å²) < 4.78 is 3.55. The largest absolute Gasteiger partial charge is 0.354 e. The normalized spacial score (nSPS) is 14.1. The Labute approximate surface area is 231 Å². The lowest BCUT2D eigenvalue weighted by Gasteiger charge is -2.35. The van der Waals surface area contributed by atoms with Crippen LogP contribution in [0.5, 0.6) is 0 Å². The fourth-order valence-electron chi connectivity index (χ4n) is 5.01. The van der Waals surface area contributed by atoms with Crippen LogP contribution in [0.25, 0.3) is 27.8 Å². The van der Waals surface area contributed by atoms with Crippen LogP contribution in [-0.4, -0.2) is 66.2 Å². The van der Waals surface area contributed by atoms with Gasteiger partial charge in [-0.25, -0.2) is 14.5 Å². The molecule has 0 aromatic carbocycles. The van der Waals surface area contributed by atoms with E-state index in [2.05, 4.69) is 68.3 Å². The van der Waals surface area contributed by atoms with E-state index < -0.39 is 0 Å². The van der Waals surface area contributed by atoms with Crippen molar-refractivity contribution in [3.05, 3.63) is 78.6 Å². The van der Waals surface area contributed by atoms with Gasteiger partial charge in [-0.05, 0) is 35.6 Å². The minimum Gasteiger partial charge on any atom is -0.354 e. The highest BCUT2D eigenvalue weighted by atomic mass is 32.2.